The molecule has 21 heavy (non-hydrogen) atoms. The molecule has 0 radical (unpaired) electrons. The summed E-state index contributed by atoms with van der Waals surface area (Å²) in [5.74, 6) is -0.520. The number of aryl methyl sites for hydroxylation is 2. The van der Waals surface area contributed by atoms with Gasteiger partial charge in [0.05, 0.1) is 11.4 Å². The Balaban J connectivity index is 2.35. The van der Waals surface area contributed by atoms with Gasteiger partial charge in [-0.1, -0.05) is 19.9 Å². The molecule has 2 rings (SSSR count). The molecule has 2 N–H and O–H groups in total. The first kappa shape index (κ1) is 16.0. The molecule has 1 aliphatic rings. The van der Waals surface area contributed by atoms with Crippen LogP contribution < -0.4 is 5.73 Å². The van der Waals surface area contributed by atoms with E-state index in [0.717, 1.165) is 24.8 Å². The molecule has 0 unspecified atom stereocenters. The van der Waals surface area contributed by atoms with Crippen LogP contribution in [0.1, 0.15) is 31.4 Å². The normalized spacial score (nSPS) is 14.7. The maximum atomic E-state index is 12.7. The quantitative estimate of drug-likeness (QED) is 0.860. The molecule has 116 valence electrons. The SMILES string of the molecule is CC(C)CN(CC(N)=O)S(=O)(=O)c1ccc2c(c1)CCC2. The highest BCUT2D eigenvalue weighted by atomic mass is 32.2. The van der Waals surface area contributed by atoms with Crippen molar-refractivity contribution in [2.24, 2.45) is 11.7 Å². The molecule has 0 aromatic heterocycles. The summed E-state index contributed by atoms with van der Waals surface area (Å²) < 4.78 is 26.6. The number of hydrogen-bond acceptors (Lipinski definition) is 3. The average molecular weight is 310 g/mol. The van der Waals surface area contributed by atoms with E-state index in [1.54, 1.807) is 12.1 Å². The fourth-order valence-corrected chi connectivity index (χ4v) is 4.31. The van der Waals surface area contributed by atoms with E-state index in [0.29, 0.717) is 0 Å². The van der Waals surface area contributed by atoms with Gasteiger partial charge in [0, 0.05) is 6.54 Å². The van der Waals surface area contributed by atoms with Crippen LogP contribution >= 0.6 is 0 Å². The number of nitrogens with two attached hydrogens (primary N) is 1. The first-order chi connectivity index (χ1) is 9.80. The summed E-state index contributed by atoms with van der Waals surface area (Å²) in [6, 6.07) is 5.26. The minimum Gasteiger partial charge on any atom is -0.369 e. The van der Waals surface area contributed by atoms with E-state index in [2.05, 4.69) is 0 Å². The molecule has 0 aliphatic heterocycles. The van der Waals surface area contributed by atoms with Crippen molar-refractivity contribution >= 4 is 15.9 Å². The predicted octanol–water partition coefficient (Wildman–Crippen LogP) is 1.31. The molecule has 0 saturated heterocycles. The van der Waals surface area contributed by atoms with Crippen molar-refractivity contribution in [3.8, 4) is 0 Å². The van der Waals surface area contributed by atoms with Gasteiger partial charge in [0.25, 0.3) is 0 Å². The van der Waals surface area contributed by atoms with Crippen LogP contribution in [0.3, 0.4) is 0 Å². The number of rotatable bonds is 6. The Bertz CT molecular complexity index is 638. The van der Waals surface area contributed by atoms with Crippen molar-refractivity contribution in [2.75, 3.05) is 13.1 Å². The molecule has 0 bridgehead atoms. The van der Waals surface area contributed by atoms with E-state index in [-0.39, 0.29) is 23.9 Å². The Hall–Kier alpha value is -1.40. The van der Waals surface area contributed by atoms with Gasteiger partial charge in [0.15, 0.2) is 0 Å². The topological polar surface area (TPSA) is 80.5 Å². The molecule has 6 heteroatoms. The van der Waals surface area contributed by atoms with Crippen molar-refractivity contribution in [2.45, 2.75) is 38.0 Å². The molecule has 0 spiro atoms. The maximum absolute atomic E-state index is 12.7. The van der Waals surface area contributed by atoms with Gasteiger partial charge in [-0.2, -0.15) is 4.31 Å². The second-order valence-corrected chi connectivity index (χ2v) is 7.88. The van der Waals surface area contributed by atoms with Crippen LogP contribution in [0.2, 0.25) is 0 Å². The van der Waals surface area contributed by atoms with Crippen LogP contribution in [0.5, 0.6) is 0 Å². The minimum atomic E-state index is -3.68. The first-order valence-electron chi connectivity index (χ1n) is 7.21. The van der Waals surface area contributed by atoms with Crippen molar-refractivity contribution in [3.63, 3.8) is 0 Å². The number of amides is 1. The fourth-order valence-electron chi connectivity index (χ4n) is 2.69. The maximum Gasteiger partial charge on any atom is 0.243 e. The Labute approximate surface area is 126 Å². The lowest BCUT2D eigenvalue weighted by molar-refractivity contribution is -0.118. The van der Waals surface area contributed by atoms with Crippen LogP contribution in [-0.4, -0.2) is 31.7 Å². The Morgan fingerprint density at radius 3 is 2.57 bits per heavy atom. The summed E-state index contributed by atoms with van der Waals surface area (Å²) in [5.41, 5.74) is 7.51. The number of benzene rings is 1. The van der Waals surface area contributed by atoms with Gasteiger partial charge in [-0.3, -0.25) is 4.79 Å². The van der Waals surface area contributed by atoms with Crippen LogP contribution in [0.25, 0.3) is 0 Å². The second kappa shape index (κ2) is 6.15. The molecule has 0 heterocycles. The first-order valence-corrected chi connectivity index (χ1v) is 8.65. The molecule has 1 amide bonds. The zero-order valence-electron chi connectivity index (χ0n) is 12.5. The summed E-state index contributed by atoms with van der Waals surface area (Å²) >= 11 is 0. The molecular formula is C15H22N2O3S. The van der Waals surface area contributed by atoms with Gasteiger partial charge in [-0.15, -0.1) is 0 Å². The number of fused-ring (bicyclic) bond motifs is 1. The highest BCUT2D eigenvalue weighted by molar-refractivity contribution is 7.89. The van der Waals surface area contributed by atoms with Gasteiger partial charge in [-0.25, -0.2) is 8.42 Å². The van der Waals surface area contributed by atoms with Gasteiger partial charge in [0.2, 0.25) is 15.9 Å². The molecule has 5 nitrogen and oxygen atoms in total. The lowest BCUT2D eigenvalue weighted by Crippen LogP contribution is -2.40. The van der Waals surface area contributed by atoms with Crippen LogP contribution in [0, 0.1) is 5.92 Å². The largest absolute Gasteiger partial charge is 0.369 e. The lowest BCUT2D eigenvalue weighted by atomic mass is 10.1. The van der Waals surface area contributed by atoms with E-state index < -0.39 is 15.9 Å². The number of nitrogens with zero attached hydrogens (tertiary/aromatic N) is 1. The van der Waals surface area contributed by atoms with E-state index in [1.807, 2.05) is 19.9 Å². The van der Waals surface area contributed by atoms with Gasteiger partial charge in [0.1, 0.15) is 0 Å². The molecule has 0 fully saturated rings. The summed E-state index contributed by atoms with van der Waals surface area (Å²) in [7, 11) is -3.68. The second-order valence-electron chi connectivity index (χ2n) is 5.94. The van der Waals surface area contributed by atoms with Crippen LogP contribution in [0.15, 0.2) is 23.1 Å². The zero-order chi connectivity index (χ0) is 15.6. The average Bonchev–Trinajstić information content (AvgIpc) is 2.83. The monoisotopic (exact) mass is 310 g/mol. The van der Waals surface area contributed by atoms with E-state index in [4.69, 9.17) is 5.73 Å². The molecule has 0 atom stereocenters. The molecule has 0 saturated carbocycles. The van der Waals surface area contributed by atoms with Gasteiger partial charge in [-0.05, 0) is 48.4 Å². The number of carbonyl (C=O) groups is 1. The fraction of sp³-hybridized carbons (Fsp3) is 0.533. The van der Waals surface area contributed by atoms with Crippen molar-refractivity contribution < 1.29 is 13.2 Å². The third kappa shape index (κ3) is 3.63. The van der Waals surface area contributed by atoms with Gasteiger partial charge < -0.3 is 5.73 Å². The number of primary amides is 1. The minimum absolute atomic E-state index is 0.119. The summed E-state index contributed by atoms with van der Waals surface area (Å²) in [6.07, 6.45) is 2.99. The standard InChI is InChI=1S/C15H22N2O3S/c1-11(2)9-17(10-15(16)18)21(19,20)14-7-6-12-4-3-5-13(12)8-14/h6-8,11H,3-5,9-10H2,1-2H3,(H2,16,18). The Morgan fingerprint density at radius 1 is 1.29 bits per heavy atom. The highest BCUT2D eigenvalue weighted by Gasteiger charge is 2.27. The van der Waals surface area contributed by atoms with E-state index in [9.17, 15) is 13.2 Å². The van der Waals surface area contributed by atoms with Crippen molar-refractivity contribution in [1.82, 2.24) is 4.31 Å². The zero-order valence-corrected chi connectivity index (χ0v) is 13.3. The number of sulfonamides is 1. The molecule has 1 aliphatic carbocycles. The van der Waals surface area contributed by atoms with Crippen LogP contribution in [0.4, 0.5) is 0 Å². The Kier molecular flexibility index (Phi) is 4.68. The summed E-state index contributed by atoms with van der Waals surface area (Å²) in [4.78, 5) is 11.4. The molecule has 1 aromatic carbocycles. The lowest BCUT2D eigenvalue weighted by Gasteiger charge is -2.23. The third-order valence-electron chi connectivity index (χ3n) is 3.61. The van der Waals surface area contributed by atoms with E-state index in [1.165, 1.54) is 9.87 Å². The van der Waals surface area contributed by atoms with Gasteiger partial charge >= 0.3 is 0 Å². The summed E-state index contributed by atoms with van der Waals surface area (Å²) in [5, 5.41) is 0. The smallest absolute Gasteiger partial charge is 0.243 e. The predicted molar refractivity (Wildman–Crippen MR) is 81.3 cm³/mol. The van der Waals surface area contributed by atoms with Crippen LogP contribution in [-0.2, 0) is 27.7 Å². The highest BCUT2D eigenvalue weighted by Crippen LogP contribution is 2.26. The summed E-state index contributed by atoms with van der Waals surface area (Å²) in [6.45, 7) is 3.82. The molecular weight excluding hydrogens is 288 g/mol. The third-order valence-corrected chi connectivity index (χ3v) is 5.42. The van der Waals surface area contributed by atoms with Crippen molar-refractivity contribution in [3.05, 3.63) is 29.3 Å². The van der Waals surface area contributed by atoms with Crippen molar-refractivity contribution in [1.29, 1.82) is 0 Å². The molecule has 1 aromatic rings. The van der Waals surface area contributed by atoms with E-state index >= 15 is 0 Å². The number of carbonyl (C=O) groups excluding carboxylic acids is 1. The Morgan fingerprint density at radius 2 is 1.95 bits per heavy atom. The number of hydrogen-bond donors (Lipinski definition) is 1.